The number of nitrogens with zero attached hydrogens (tertiary/aromatic N) is 1. The summed E-state index contributed by atoms with van der Waals surface area (Å²) in [6.45, 7) is 5.23. The van der Waals surface area contributed by atoms with E-state index in [9.17, 15) is 13.2 Å². The highest BCUT2D eigenvalue weighted by Gasteiger charge is 2.32. The second-order valence-corrected chi connectivity index (χ2v) is 4.47. The van der Waals surface area contributed by atoms with E-state index in [4.69, 9.17) is 5.11 Å². The molecule has 0 aliphatic rings. The van der Waals surface area contributed by atoms with E-state index in [0.29, 0.717) is 6.54 Å². The Morgan fingerprint density at radius 1 is 1.29 bits per heavy atom. The average Bonchev–Trinajstić information content (AvgIpc) is 2.20. The summed E-state index contributed by atoms with van der Waals surface area (Å²) in [5, 5.41) is 12.1. The van der Waals surface area contributed by atoms with E-state index in [1.54, 1.807) is 13.8 Å². The van der Waals surface area contributed by atoms with Gasteiger partial charge in [-0.1, -0.05) is 6.92 Å². The molecule has 0 bridgehead atoms. The number of halogens is 3. The van der Waals surface area contributed by atoms with Gasteiger partial charge in [-0.05, 0) is 26.8 Å². The number of aliphatic hydroxyl groups is 1. The van der Waals surface area contributed by atoms with Gasteiger partial charge in [0.1, 0.15) is 0 Å². The van der Waals surface area contributed by atoms with Gasteiger partial charge in [-0.25, -0.2) is 0 Å². The van der Waals surface area contributed by atoms with Gasteiger partial charge in [-0.3, -0.25) is 4.90 Å². The van der Waals surface area contributed by atoms with E-state index in [2.05, 4.69) is 5.32 Å². The second-order valence-electron chi connectivity index (χ2n) is 4.47. The van der Waals surface area contributed by atoms with Gasteiger partial charge in [0.15, 0.2) is 0 Å². The zero-order valence-corrected chi connectivity index (χ0v) is 10.7. The third-order valence-corrected chi connectivity index (χ3v) is 2.47. The average molecular weight is 256 g/mol. The van der Waals surface area contributed by atoms with Crippen molar-refractivity contribution >= 4 is 0 Å². The largest absolute Gasteiger partial charge is 0.401 e. The van der Waals surface area contributed by atoms with Crippen LogP contribution in [0.4, 0.5) is 13.2 Å². The number of hydrogen-bond acceptors (Lipinski definition) is 3. The molecular formula is C11H23F3N2O. The van der Waals surface area contributed by atoms with Crippen LogP contribution in [0.3, 0.4) is 0 Å². The van der Waals surface area contributed by atoms with Gasteiger partial charge in [-0.2, -0.15) is 13.2 Å². The van der Waals surface area contributed by atoms with Crippen molar-refractivity contribution in [2.75, 3.05) is 26.2 Å². The maximum atomic E-state index is 12.3. The van der Waals surface area contributed by atoms with Crippen molar-refractivity contribution in [1.82, 2.24) is 10.2 Å². The van der Waals surface area contributed by atoms with E-state index >= 15 is 0 Å². The summed E-state index contributed by atoms with van der Waals surface area (Å²) in [5.41, 5.74) is 0. The molecular weight excluding hydrogens is 233 g/mol. The van der Waals surface area contributed by atoms with Crippen LogP contribution in [0.5, 0.6) is 0 Å². The fourth-order valence-electron chi connectivity index (χ4n) is 1.51. The molecule has 0 aromatic carbocycles. The topological polar surface area (TPSA) is 35.5 Å². The SMILES string of the molecule is CCCNC(CO)CN(CC(F)(F)F)C(C)C. The summed E-state index contributed by atoms with van der Waals surface area (Å²) in [6, 6.07) is -0.506. The summed E-state index contributed by atoms with van der Waals surface area (Å²) in [5.74, 6) is 0. The molecule has 2 N–H and O–H groups in total. The molecule has 0 aliphatic heterocycles. The Kier molecular flexibility index (Phi) is 7.74. The first kappa shape index (κ1) is 16.7. The molecule has 0 aromatic heterocycles. The van der Waals surface area contributed by atoms with Crippen molar-refractivity contribution in [2.24, 2.45) is 0 Å². The number of alkyl halides is 3. The second kappa shape index (κ2) is 7.89. The van der Waals surface area contributed by atoms with Crippen LogP contribution in [0.15, 0.2) is 0 Å². The molecule has 104 valence electrons. The standard InChI is InChI=1S/C11H23F3N2O/c1-4-5-15-10(7-17)6-16(9(2)3)8-11(12,13)14/h9-10,15,17H,4-8H2,1-3H3. The van der Waals surface area contributed by atoms with Crippen molar-refractivity contribution < 1.29 is 18.3 Å². The van der Waals surface area contributed by atoms with Gasteiger partial charge in [0.05, 0.1) is 13.2 Å². The first-order valence-electron chi connectivity index (χ1n) is 5.95. The normalized spacial score (nSPS) is 14.6. The first-order chi connectivity index (χ1) is 7.80. The first-order valence-corrected chi connectivity index (χ1v) is 5.95. The molecule has 0 saturated carbocycles. The molecule has 0 aliphatic carbocycles. The minimum absolute atomic E-state index is 0.152. The Hall–Kier alpha value is -0.330. The Morgan fingerprint density at radius 3 is 2.24 bits per heavy atom. The van der Waals surface area contributed by atoms with E-state index in [1.807, 2.05) is 6.92 Å². The Morgan fingerprint density at radius 2 is 1.88 bits per heavy atom. The van der Waals surface area contributed by atoms with E-state index in [-0.39, 0.29) is 25.2 Å². The zero-order chi connectivity index (χ0) is 13.5. The van der Waals surface area contributed by atoms with Gasteiger partial charge < -0.3 is 10.4 Å². The van der Waals surface area contributed by atoms with Gasteiger partial charge >= 0.3 is 6.18 Å². The molecule has 0 saturated heterocycles. The monoisotopic (exact) mass is 256 g/mol. The molecule has 0 radical (unpaired) electrons. The minimum atomic E-state index is -4.20. The van der Waals surface area contributed by atoms with Crippen molar-refractivity contribution in [3.05, 3.63) is 0 Å². The van der Waals surface area contributed by atoms with Crippen molar-refractivity contribution in [2.45, 2.75) is 45.5 Å². The van der Waals surface area contributed by atoms with E-state index in [0.717, 1.165) is 6.42 Å². The zero-order valence-electron chi connectivity index (χ0n) is 10.7. The Balaban J connectivity index is 4.30. The van der Waals surface area contributed by atoms with Crippen molar-refractivity contribution in [1.29, 1.82) is 0 Å². The smallest absolute Gasteiger partial charge is 0.395 e. The van der Waals surface area contributed by atoms with Crippen LogP contribution in [-0.2, 0) is 0 Å². The molecule has 0 heterocycles. The van der Waals surface area contributed by atoms with Crippen LogP contribution in [-0.4, -0.2) is 54.5 Å². The molecule has 3 nitrogen and oxygen atoms in total. The van der Waals surface area contributed by atoms with E-state index in [1.165, 1.54) is 4.90 Å². The van der Waals surface area contributed by atoms with Crippen LogP contribution in [0, 0.1) is 0 Å². The summed E-state index contributed by atoms with van der Waals surface area (Å²) >= 11 is 0. The molecule has 0 spiro atoms. The maximum Gasteiger partial charge on any atom is 0.401 e. The predicted molar refractivity (Wildman–Crippen MR) is 61.9 cm³/mol. The Labute approximate surface area is 101 Å². The van der Waals surface area contributed by atoms with Crippen molar-refractivity contribution in [3.8, 4) is 0 Å². The number of nitrogens with one attached hydrogen (secondary N) is 1. The fourth-order valence-corrected chi connectivity index (χ4v) is 1.51. The summed E-state index contributed by atoms with van der Waals surface area (Å²) in [6.07, 6.45) is -3.31. The molecule has 1 atom stereocenters. The van der Waals surface area contributed by atoms with Gasteiger partial charge in [0.25, 0.3) is 0 Å². The molecule has 1 unspecified atom stereocenters. The van der Waals surface area contributed by atoms with Gasteiger partial charge in [-0.15, -0.1) is 0 Å². The number of hydrogen-bond donors (Lipinski definition) is 2. The van der Waals surface area contributed by atoms with Crippen LogP contribution in [0.25, 0.3) is 0 Å². The lowest BCUT2D eigenvalue weighted by Gasteiger charge is -2.31. The summed E-state index contributed by atoms with van der Waals surface area (Å²) in [4.78, 5) is 1.32. The third kappa shape index (κ3) is 8.40. The van der Waals surface area contributed by atoms with Gasteiger partial charge in [0, 0.05) is 18.6 Å². The van der Waals surface area contributed by atoms with Crippen LogP contribution < -0.4 is 5.32 Å². The lowest BCUT2D eigenvalue weighted by molar-refractivity contribution is -0.150. The fraction of sp³-hybridized carbons (Fsp3) is 1.00. The highest BCUT2D eigenvalue weighted by atomic mass is 19.4. The third-order valence-electron chi connectivity index (χ3n) is 2.47. The van der Waals surface area contributed by atoms with Crippen LogP contribution in [0.2, 0.25) is 0 Å². The lowest BCUT2D eigenvalue weighted by Crippen LogP contribution is -2.48. The Bertz CT molecular complexity index is 198. The molecule has 6 heteroatoms. The molecule has 17 heavy (non-hydrogen) atoms. The summed E-state index contributed by atoms with van der Waals surface area (Å²) < 4.78 is 37.0. The number of rotatable bonds is 8. The highest BCUT2D eigenvalue weighted by Crippen LogP contribution is 2.18. The molecule has 0 rings (SSSR count). The van der Waals surface area contributed by atoms with E-state index < -0.39 is 12.7 Å². The minimum Gasteiger partial charge on any atom is -0.395 e. The van der Waals surface area contributed by atoms with Crippen LogP contribution in [0.1, 0.15) is 27.2 Å². The van der Waals surface area contributed by atoms with Gasteiger partial charge in [0.2, 0.25) is 0 Å². The molecule has 0 amide bonds. The predicted octanol–water partition coefficient (Wildman–Crippen LogP) is 1.62. The summed E-state index contributed by atoms with van der Waals surface area (Å²) in [7, 11) is 0. The molecule has 0 aromatic rings. The van der Waals surface area contributed by atoms with Crippen molar-refractivity contribution in [3.63, 3.8) is 0 Å². The maximum absolute atomic E-state index is 12.3. The molecule has 0 fully saturated rings. The lowest BCUT2D eigenvalue weighted by atomic mass is 10.2. The highest BCUT2D eigenvalue weighted by molar-refractivity contribution is 4.75. The quantitative estimate of drug-likeness (QED) is 0.692. The van der Waals surface area contributed by atoms with Crippen LogP contribution >= 0.6 is 0 Å². The number of aliphatic hydroxyl groups excluding tert-OH is 1.